The van der Waals surface area contributed by atoms with Gasteiger partial charge in [0.15, 0.2) is 0 Å². The monoisotopic (exact) mass is 823 g/mol. The molecule has 0 unspecified atom stereocenters. The molecule has 2 aromatic carbocycles. The van der Waals surface area contributed by atoms with Gasteiger partial charge in [0.25, 0.3) is 5.91 Å². The summed E-state index contributed by atoms with van der Waals surface area (Å²) in [5, 5.41) is 2.58. The molecular weight excluding hydrogens is 775 g/mol. The predicted molar refractivity (Wildman–Crippen MR) is 216 cm³/mol. The highest BCUT2D eigenvalue weighted by atomic mass is 35.5. The summed E-state index contributed by atoms with van der Waals surface area (Å²) < 4.78 is 51.2. The first-order valence-corrected chi connectivity index (χ1v) is 19.5. The van der Waals surface area contributed by atoms with E-state index in [4.69, 9.17) is 16.3 Å². The van der Waals surface area contributed by atoms with Crippen LogP contribution < -0.4 is 15.0 Å². The van der Waals surface area contributed by atoms with E-state index in [1.54, 1.807) is 47.5 Å². The van der Waals surface area contributed by atoms with Crippen molar-refractivity contribution in [3.8, 4) is 28.1 Å². The maximum Gasteiger partial charge on any atom is 0.573 e. The summed E-state index contributed by atoms with van der Waals surface area (Å²) in [6.07, 6.45) is -1.72. The van der Waals surface area contributed by atoms with Crippen LogP contribution in [0, 0.1) is 11.3 Å². The first kappa shape index (κ1) is 42.3. The lowest BCUT2D eigenvalue weighted by Gasteiger charge is -2.42. The largest absolute Gasteiger partial charge is 0.573 e. The Morgan fingerprint density at radius 3 is 2.19 bits per heavy atom. The number of alkyl halides is 3. The van der Waals surface area contributed by atoms with Crippen molar-refractivity contribution in [1.82, 2.24) is 24.8 Å². The minimum Gasteiger partial charge on any atom is -0.444 e. The number of anilines is 2. The third-order valence-electron chi connectivity index (χ3n) is 9.96. The van der Waals surface area contributed by atoms with Crippen LogP contribution in [-0.2, 0) is 9.53 Å². The zero-order chi connectivity index (χ0) is 42.3. The molecule has 2 aliphatic rings. The summed E-state index contributed by atoms with van der Waals surface area (Å²) in [7, 11) is 0. The summed E-state index contributed by atoms with van der Waals surface area (Å²) in [6.45, 7) is 17.3. The van der Waals surface area contributed by atoms with Gasteiger partial charge in [0.2, 0.25) is 5.91 Å². The first-order valence-electron chi connectivity index (χ1n) is 19.1. The van der Waals surface area contributed by atoms with Crippen LogP contribution in [0.4, 0.5) is 29.5 Å². The molecule has 4 heterocycles. The highest BCUT2D eigenvalue weighted by Gasteiger charge is 2.39. The molecule has 3 atom stereocenters. The average Bonchev–Trinajstić information content (AvgIpc) is 3.78. The summed E-state index contributed by atoms with van der Waals surface area (Å²) in [4.78, 5) is 57.0. The minimum atomic E-state index is -5.04. The molecule has 0 saturated carbocycles. The number of halogens is 4. The van der Waals surface area contributed by atoms with E-state index >= 15 is 0 Å². The number of H-pyrrole nitrogens is 1. The van der Waals surface area contributed by atoms with Crippen LogP contribution in [-0.4, -0.2) is 86.8 Å². The van der Waals surface area contributed by atoms with Gasteiger partial charge >= 0.3 is 12.5 Å². The Balaban J connectivity index is 1.17. The number of likely N-dealkylation sites (tertiary alicyclic amines) is 1. The fourth-order valence-corrected chi connectivity index (χ4v) is 7.45. The molecule has 2 aliphatic heterocycles. The van der Waals surface area contributed by atoms with Gasteiger partial charge in [-0.15, -0.1) is 13.2 Å². The summed E-state index contributed by atoms with van der Waals surface area (Å²) in [6, 6.07) is 12.0. The van der Waals surface area contributed by atoms with Crippen LogP contribution >= 0.6 is 11.6 Å². The van der Waals surface area contributed by atoms with Crippen LogP contribution in [0.3, 0.4) is 0 Å². The van der Waals surface area contributed by atoms with Gasteiger partial charge < -0.3 is 29.6 Å². The number of rotatable bonds is 7. The van der Waals surface area contributed by atoms with Crippen molar-refractivity contribution < 1.29 is 37.0 Å². The molecule has 0 spiro atoms. The quantitative estimate of drug-likeness (QED) is 0.189. The normalized spacial score (nSPS) is 19.0. The number of aromatic nitrogens is 3. The average molecular weight is 824 g/mol. The molecule has 310 valence electrons. The Labute approximate surface area is 341 Å². The smallest absolute Gasteiger partial charge is 0.444 e. The molecule has 0 aliphatic carbocycles. The molecular formula is C42H49ClF3N7O5. The number of carbonyl (C=O) groups is 3. The van der Waals surface area contributed by atoms with E-state index in [1.807, 2.05) is 53.4 Å². The third kappa shape index (κ3) is 9.86. The van der Waals surface area contributed by atoms with E-state index in [1.165, 1.54) is 12.3 Å². The van der Waals surface area contributed by atoms with Gasteiger partial charge in [-0.05, 0) is 69.4 Å². The molecule has 2 fully saturated rings. The number of piperazine rings is 1. The van der Waals surface area contributed by atoms with E-state index in [-0.39, 0.29) is 45.7 Å². The molecule has 2 N–H and O–H groups in total. The summed E-state index contributed by atoms with van der Waals surface area (Å²) >= 11 is 6.58. The van der Waals surface area contributed by atoms with Gasteiger partial charge in [0.05, 0.1) is 34.2 Å². The minimum absolute atomic E-state index is 0.0124. The maximum atomic E-state index is 13.7. The molecule has 2 saturated heterocycles. The Morgan fingerprint density at radius 2 is 1.59 bits per heavy atom. The lowest BCUT2D eigenvalue weighted by Crippen LogP contribution is -2.56. The highest BCUT2D eigenvalue weighted by Crippen LogP contribution is 2.41. The van der Waals surface area contributed by atoms with Crippen molar-refractivity contribution in [2.24, 2.45) is 11.3 Å². The Hall–Kier alpha value is -5.31. The van der Waals surface area contributed by atoms with Crippen molar-refractivity contribution in [2.45, 2.75) is 85.9 Å². The van der Waals surface area contributed by atoms with E-state index in [2.05, 4.69) is 36.8 Å². The number of aromatic amines is 1. The zero-order valence-electron chi connectivity index (χ0n) is 33.8. The Morgan fingerprint density at radius 1 is 0.897 bits per heavy atom. The topological polar surface area (TPSA) is 133 Å². The van der Waals surface area contributed by atoms with E-state index in [0.29, 0.717) is 61.1 Å². The second-order valence-corrected chi connectivity index (χ2v) is 17.4. The number of carbonyl (C=O) groups excluding carboxylic acids is 3. The number of nitrogens with zero attached hydrogens (tertiary/aromatic N) is 5. The lowest BCUT2D eigenvalue weighted by molar-refractivity contribution is -0.274. The lowest BCUT2D eigenvalue weighted by atomic mass is 9.94. The molecule has 12 nitrogen and oxygen atoms in total. The van der Waals surface area contributed by atoms with Crippen molar-refractivity contribution in [2.75, 3.05) is 36.4 Å². The number of hydrogen-bond acceptors (Lipinski definition) is 8. The molecule has 4 aromatic rings. The number of ether oxygens (including phenoxy) is 2. The van der Waals surface area contributed by atoms with E-state index in [0.717, 1.165) is 6.07 Å². The van der Waals surface area contributed by atoms with Crippen molar-refractivity contribution in [1.29, 1.82) is 0 Å². The summed E-state index contributed by atoms with van der Waals surface area (Å²) in [5.41, 5.74) is 0.727. The second kappa shape index (κ2) is 16.1. The van der Waals surface area contributed by atoms with Gasteiger partial charge in [-0.2, -0.15) is 0 Å². The Bertz CT molecular complexity index is 2150. The van der Waals surface area contributed by atoms with Crippen molar-refractivity contribution in [3.63, 3.8) is 0 Å². The number of hydrogen-bond donors (Lipinski definition) is 2. The molecule has 16 heteroatoms. The highest BCUT2D eigenvalue weighted by molar-refractivity contribution is 6.34. The van der Waals surface area contributed by atoms with Gasteiger partial charge in [-0.1, -0.05) is 63.6 Å². The zero-order valence-corrected chi connectivity index (χ0v) is 34.6. The standard InChI is InChI=1S/C42H49ClF3N7O5/c1-24-17-33(53(22-24)39(56)58-41(6,7)8)36-48-21-32(49-36)27-11-9-26(10-12-27)29-18-30(43)31(19-34(29)57-42(44,45)46)50-37(54)28-13-14-35(47-20-28)52-16-15-51(23-25(52)2)38(55)40(3,4)5/h9-14,18-21,24-25,33H,15-17,22-23H2,1-8H3,(H,48,49)(H,50,54)/t24-,25+,33-/m0/s1. The fourth-order valence-electron chi connectivity index (χ4n) is 7.23. The predicted octanol–water partition coefficient (Wildman–Crippen LogP) is 9.34. The first-order chi connectivity index (χ1) is 27.1. The second-order valence-electron chi connectivity index (χ2n) is 17.0. The number of pyridine rings is 1. The number of imidazole rings is 1. The van der Waals surface area contributed by atoms with Crippen molar-refractivity contribution in [3.05, 3.63) is 77.3 Å². The maximum absolute atomic E-state index is 13.7. The van der Waals surface area contributed by atoms with Crippen LogP contribution in [0.15, 0.2) is 60.9 Å². The Kier molecular flexibility index (Phi) is 11.8. The van der Waals surface area contributed by atoms with Gasteiger partial charge in [0, 0.05) is 55.5 Å². The van der Waals surface area contributed by atoms with E-state index < -0.39 is 35.1 Å². The number of benzene rings is 2. The molecule has 0 radical (unpaired) electrons. The molecule has 0 bridgehead atoms. The molecule has 2 aromatic heterocycles. The molecule has 3 amide bonds. The van der Waals surface area contributed by atoms with Gasteiger partial charge in [0.1, 0.15) is 23.0 Å². The van der Waals surface area contributed by atoms with Crippen LogP contribution in [0.5, 0.6) is 5.75 Å². The number of nitrogens with one attached hydrogen (secondary N) is 2. The van der Waals surface area contributed by atoms with Crippen LogP contribution in [0.25, 0.3) is 22.4 Å². The van der Waals surface area contributed by atoms with E-state index in [9.17, 15) is 27.6 Å². The number of amides is 3. The summed E-state index contributed by atoms with van der Waals surface area (Å²) in [5.74, 6) is 0.352. The van der Waals surface area contributed by atoms with Crippen molar-refractivity contribution >= 4 is 41.0 Å². The van der Waals surface area contributed by atoms with Crippen LogP contribution in [0.1, 0.15) is 84.0 Å². The third-order valence-corrected chi connectivity index (χ3v) is 10.3. The molecule has 6 rings (SSSR count). The fraction of sp³-hybridized carbons (Fsp3) is 0.452. The van der Waals surface area contributed by atoms with Gasteiger partial charge in [-0.3, -0.25) is 14.5 Å². The molecule has 58 heavy (non-hydrogen) atoms. The van der Waals surface area contributed by atoms with Gasteiger partial charge in [-0.25, -0.2) is 14.8 Å². The van der Waals surface area contributed by atoms with Crippen LogP contribution in [0.2, 0.25) is 5.02 Å². The SMILES string of the molecule is C[C@H]1C[C@@H](c2ncc(-c3ccc(-c4cc(Cl)c(NC(=O)c5ccc(N6CCN(C(=O)C(C)(C)C)C[C@H]6C)nc5)cc4OC(F)(F)F)cc3)[nH]2)N(C(=O)OC(C)(C)C)C1.